The van der Waals surface area contributed by atoms with Gasteiger partial charge >= 0.3 is 0 Å². The minimum absolute atomic E-state index is 0.418. The number of benzene rings is 2. The van der Waals surface area contributed by atoms with E-state index in [1.807, 2.05) is 44.3 Å². The average molecular weight is 368 g/mol. The SMILES string of the molecule is Cc1ncc(CNc2ccc(C#N)cc2)c(C)c1OCc1ccc(C#N)cc1. The molecule has 5 nitrogen and oxygen atoms in total. The predicted molar refractivity (Wildman–Crippen MR) is 108 cm³/mol. The second kappa shape index (κ2) is 8.70. The molecule has 1 aromatic heterocycles. The lowest BCUT2D eigenvalue weighted by atomic mass is 10.1. The highest BCUT2D eigenvalue weighted by atomic mass is 16.5. The summed E-state index contributed by atoms with van der Waals surface area (Å²) in [6.45, 7) is 4.98. The zero-order valence-corrected chi connectivity index (χ0v) is 15.9. The minimum atomic E-state index is 0.418. The van der Waals surface area contributed by atoms with Gasteiger partial charge in [0.15, 0.2) is 0 Å². The van der Waals surface area contributed by atoms with Crippen LogP contribution in [0.3, 0.4) is 0 Å². The first-order valence-corrected chi connectivity index (χ1v) is 8.91. The van der Waals surface area contributed by atoms with Gasteiger partial charge in [-0.3, -0.25) is 4.98 Å². The first-order chi connectivity index (χ1) is 13.6. The van der Waals surface area contributed by atoms with Gasteiger partial charge in [-0.2, -0.15) is 10.5 Å². The Bertz CT molecular complexity index is 1040. The van der Waals surface area contributed by atoms with Gasteiger partial charge in [-0.25, -0.2) is 0 Å². The lowest BCUT2D eigenvalue weighted by Gasteiger charge is -2.16. The van der Waals surface area contributed by atoms with Crippen molar-refractivity contribution < 1.29 is 4.74 Å². The number of aryl methyl sites for hydroxylation is 1. The van der Waals surface area contributed by atoms with E-state index >= 15 is 0 Å². The number of rotatable bonds is 6. The third-order valence-corrected chi connectivity index (χ3v) is 4.53. The van der Waals surface area contributed by atoms with Gasteiger partial charge in [-0.15, -0.1) is 0 Å². The Morgan fingerprint density at radius 1 is 0.929 bits per heavy atom. The molecule has 0 atom stereocenters. The highest BCUT2D eigenvalue weighted by Crippen LogP contribution is 2.26. The molecule has 3 aromatic rings. The van der Waals surface area contributed by atoms with E-state index in [1.54, 1.807) is 24.3 Å². The Labute approximate surface area is 164 Å². The number of pyridine rings is 1. The fourth-order valence-electron chi connectivity index (χ4n) is 2.83. The number of aromatic nitrogens is 1. The van der Waals surface area contributed by atoms with Gasteiger partial charge in [-0.05, 0) is 66.9 Å². The van der Waals surface area contributed by atoms with Gasteiger partial charge in [0.25, 0.3) is 0 Å². The molecule has 0 spiro atoms. The van der Waals surface area contributed by atoms with Crippen LogP contribution in [-0.2, 0) is 13.2 Å². The van der Waals surface area contributed by atoms with Crippen molar-refractivity contribution in [2.45, 2.75) is 27.0 Å². The lowest BCUT2D eigenvalue weighted by molar-refractivity contribution is 0.300. The standard InChI is InChI=1S/C23H20N4O/c1-16-21(14-27-22-9-7-19(12-25)8-10-22)13-26-17(2)23(16)28-15-20-5-3-18(11-24)4-6-20/h3-10,13,27H,14-15H2,1-2H3. The van der Waals surface area contributed by atoms with Crippen LogP contribution in [-0.4, -0.2) is 4.98 Å². The topological polar surface area (TPSA) is 81.7 Å². The summed E-state index contributed by atoms with van der Waals surface area (Å²) in [6, 6.07) is 18.9. The van der Waals surface area contributed by atoms with Crippen LogP contribution in [0, 0.1) is 36.5 Å². The largest absolute Gasteiger partial charge is 0.487 e. The molecule has 0 aliphatic heterocycles. The maximum absolute atomic E-state index is 8.89. The van der Waals surface area contributed by atoms with Crippen LogP contribution >= 0.6 is 0 Å². The summed E-state index contributed by atoms with van der Waals surface area (Å²) < 4.78 is 6.04. The molecule has 0 unspecified atom stereocenters. The van der Waals surface area contributed by atoms with Gasteiger partial charge in [0.2, 0.25) is 0 Å². The molecule has 0 aliphatic rings. The lowest BCUT2D eigenvalue weighted by Crippen LogP contribution is -2.06. The van der Waals surface area contributed by atoms with Gasteiger partial charge < -0.3 is 10.1 Å². The Balaban J connectivity index is 1.69. The van der Waals surface area contributed by atoms with Crippen molar-refractivity contribution in [1.82, 2.24) is 4.98 Å². The highest BCUT2D eigenvalue weighted by Gasteiger charge is 2.11. The van der Waals surface area contributed by atoms with Gasteiger partial charge in [0.05, 0.1) is 29.0 Å². The molecule has 28 heavy (non-hydrogen) atoms. The molecule has 0 aliphatic carbocycles. The third kappa shape index (κ3) is 4.47. The summed E-state index contributed by atoms with van der Waals surface area (Å²) in [5, 5.41) is 21.1. The molecule has 0 amide bonds. The molecule has 0 saturated heterocycles. The summed E-state index contributed by atoms with van der Waals surface area (Å²) in [4.78, 5) is 4.47. The quantitative estimate of drug-likeness (QED) is 0.686. The Morgan fingerprint density at radius 3 is 2.14 bits per heavy atom. The van der Waals surface area contributed by atoms with Crippen LogP contribution in [0.25, 0.3) is 0 Å². The van der Waals surface area contributed by atoms with E-state index in [-0.39, 0.29) is 0 Å². The summed E-state index contributed by atoms with van der Waals surface area (Å²) in [5.74, 6) is 0.781. The molecule has 5 heteroatoms. The molecule has 138 valence electrons. The number of hydrogen-bond acceptors (Lipinski definition) is 5. The molecule has 3 rings (SSSR count). The first-order valence-electron chi connectivity index (χ1n) is 8.91. The monoisotopic (exact) mass is 368 g/mol. The second-order valence-electron chi connectivity index (χ2n) is 6.46. The molecule has 1 N–H and O–H groups in total. The molecule has 0 saturated carbocycles. The summed E-state index contributed by atoms with van der Waals surface area (Å²) in [7, 11) is 0. The van der Waals surface area contributed by atoms with Gasteiger partial charge in [0.1, 0.15) is 12.4 Å². The smallest absolute Gasteiger partial charge is 0.144 e. The van der Waals surface area contributed by atoms with Crippen LogP contribution in [0.4, 0.5) is 5.69 Å². The van der Waals surface area contributed by atoms with Crippen LogP contribution in [0.15, 0.2) is 54.7 Å². The van der Waals surface area contributed by atoms with Crippen molar-refractivity contribution in [3.05, 3.63) is 88.2 Å². The molecular weight excluding hydrogens is 348 g/mol. The Morgan fingerprint density at radius 2 is 1.54 bits per heavy atom. The van der Waals surface area contributed by atoms with Crippen molar-refractivity contribution in [3.8, 4) is 17.9 Å². The van der Waals surface area contributed by atoms with Crippen molar-refractivity contribution in [2.75, 3.05) is 5.32 Å². The zero-order chi connectivity index (χ0) is 19.9. The minimum Gasteiger partial charge on any atom is -0.487 e. The van der Waals surface area contributed by atoms with E-state index in [4.69, 9.17) is 15.3 Å². The highest BCUT2D eigenvalue weighted by molar-refractivity contribution is 5.49. The van der Waals surface area contributed by atoms with Crippen LogP contribution in [0.1, 0.15) is 33.5 Å². The summed E-state index contributed by atoms with van der Waals surface area (Å²) >= 11 is 0. The van der Waals surface area contributed by atoms with E-state index in [9.17, 15) is 0 Å². The summed E-state index contributed by atoms with van der Waals surface area (Å²) in [5.41, 5.74) is 6.14. The predicted octanol–water partition coefficient (Wildman–Crippen LogP) is 4.63. The van der Waals surface area contributed by atoms with E-state index in [2.05, 4.69) is 22.4 Å². The molecule has 1 heterocycles. The Hall–Kier alpha value is -3.83. The van der Waals surface area contributed by atoms with Gasteiger partial charge in [0, 0.05) is 18.4 Å². The molecule has 0 radical (unpaired) electrons. The number of nitrogens with one attached hydrogen (secondary N) is 1. The van der Waals surface area contributed by atoms with Gasteiger partial charge in [-0.1, -0.05) is 12.1 Å². The van der Waals surface area contributed by atoms with E-state index in [0.717, 1.165) is 33.8 Å². The summed E-state index contributed by atoms with van der Waals surface area (Å²) in [6.07, 6.45) is 1.86. The third-order valence-electron chi connectivity index (χ3n) is 4.53. The van der Waals surface area contributed by atoms with Crippen LogP contribution in [0.2, 0.25) is 0 Å². The van der Waals surface area contributed by atoms with Crippen LogP contribution in [0.5, 0.6) is 5.75 Å². The fraction of sp³-hybridized carbons (Fsp3) is 0.174. The number of hydrogen-bond donors (Lipinski definition) is 1. The zero-order valence-electron chi connectivity index (χ0n) is 15.9. The normalized spacial score (nSPS) is 10.0. The Kier molecular flexibility index (Phi) is 5.89. The average Bonchev–Trinajstić information content (AvgIpc) is 2.74. The van der Waals surface area contributed by atoms with Crippen LogP contribution < -0.4 is 10.1 Å². The molecule has 2 aromatic carbocycles. The van der Waals surface area contributed by atoms with Crippen molar-refractivity contribution >= 4 is 5.69 Å². The molecular formula is C23H20N4O. The van der Waals surface area contributed by atoms with E-state index < -0.39 is 0 Å². The number of nitriles is 2. The second-order valence-corrected chi connectivity index (χ2v) is 6.46. The fourth-order valence-corrected chi connectivity index (χ4v) is 2.83. The molecule has 0 bridgehead atoms. The van der Waals surface area contributed by atoms with Crippen molar-refractivity contribution in [2.24, 2.45) is 0 Å². The van der Waals surface area contributed by atoms with E-state index in [0.29, 0.717) is 24.3 Å². The number of nitrogens with zero attached hydrogens (tertiary/aromatic N) is 3. The first kappa shape index (κ1) is 18.9. The maximum Gasteiger partial charge on any atom is 0.144 e. The number of anilines is 1. The molecule has 0 fully saturated rings. The van der Waals surface area contributed by atoms with Crippen molar-refractivity contribution in [3.63, 3.8) is 0 Å². The van der Waals surface area contributed by atoms with Crippen molar-refractivity contribution in [1.29, 1.82) is 10.5 Å². The van der Waals surface area contributed by atoms with E-state index in [1.165, 1.54) is 0 Å². The number of ether oxygens (including phenoxy) is 1. The maximum atomic E-state index is 8.89.